The van der Waals surface area contributed by atoms with Gasteiger partial charge >= 0.3 is 10.4 Å². The maximum absolute atomic E-state index is 8.74. The fourth-order valence-corrected chi connectivity index (χ4v) is 2.71. The number of nitrogens with zero attached hydrogens (tertiary/aromatic N) is 2. The first kappa shape index (κ1) is 41.1. The lowest BCUT2D eigenvalue weighted by Gasteiger charge is -2.32. The van der Waals surface area contributed by atoms with E-state index in [0.29, 0.717) is 26.2 Å². The zero-order valence-corrected chi connectivity index (χ0v) is 25.0. The van der Waals surface area contributed by atoms with E-state index < -0.39 is 10.4 Å². The molecule has 0 amide bonds. The zero-order valence-electron chi connectivity index (χ0n) is 24.2. The summed E-state index contributed by atoms with van der Waals surface area (Å²) in [7, 11) is -0.818. The van der Waals surface area contributed by atoms with E-state index in [9.17, 15) is 0 Å². The van der Waals surface area contributed by atoms with E-state index in [1.807, 2.05) is 43.3 Å². The Morgan fingerprint density at radius 1 is 0.921 bits per heavy atom. The lowest BCUT2D eigenvalue weighted by molar-refractivity contribution is -0.145. The fourth-order valence-electron chi connectivity index (χ4n) is 2.71. The van der Waals surface area contributed by atoms with Crippen molar-refractivity contribution in [3.8, 4) is 0 Å². The third-order valence-corrected chi connectivity index (χ3v) is 4.63. The molecular weight excluding hydrogens is 516 g/mol. The predicted octanol–water partition coefficient (Wildman–Crippen LogP) is 5.05. The van der Waals surface area contributed by atoms with Gasteiger partial charge < -0.3 is 14.6 Å². The number of ether oxygens (including phenoxy) is 2. The van der Waals surface area contributed by atoms with E-state index in [0.717, 1.165) is 45.4 Å². The summed E-state index contributed by atoms with van der Waals surface area (Å²) in [5.74, 6) is 0. The van der Waals surface area contributed by atoms with Crippen molar-refractivity contribution in [2.24, 2.45) is 0 Å². The summed E-state index contributed by atoms with van der Waals surface area (Å²) in [5, 5.41) is 12.1. The molecule has 11 nitrogen and oxygen atoms in total. The smallest absolute Gasteiger partial charge is 0.394 e. The molecule has 1 saturated heterocycles. The number of aliphatic hydroxyl groups excluding tert-OH is 1. The van der Waals surface area contributed by atoms with Gasteiger partial charge in [0.15, 0.2) is 0 Å². The lowest BCUT2D eigenvalue weighted by atomic mass is 10.0. The predicted molar refractivity (Wildman–Crippen MR) is 152 cm³/mol. The highest BCUT2D eigenvalue weighted by atomic mass is 32.3. The van der Waals surface area contributed by atoms with E-state index in [1.165, 1.54) is 25.7 Å². The lowest BCUT2D eigenvalue weighted by Crippen LogP contribution is -2.39. The molecule has 1 heterocycles. The molecule has 1 rings (SSSR count). The molecule has 1 aliphatic heterocycles. The summed E-state index contributed by atoms with van der Waals surface area (Å²) < 4.78 is 42.3. The van der Waals surface area contributed by atoms with Crippen LogP contribution in [0.4, 0.5) is 0 Å². The Balaban J connectivity index is -0.000000444. The van der Waals surface area contributed by atoms with Gasteiger partial charge in [0, 0.05) is 27.2 Å². The van der Waals surface area contributed by atoms with Crippen LogP contribution in [0, 0.1) is 0 Å². The van der Waals surface area contributed by atoms with Gasteiger partial charge in [0.25, 0.3) is 0 Å². The Labute approximate surface area is 231 Å². The number of hydrogen-bond acceptors (Lipinski definition) is 9. The normalized spacial score (nSPS) is 17.1. The van der Waals surface area contributed by atoms with Gasteiger partial charge in [-0.05, 0) is 32.3 Å². The third kappa shape index (κ3) is 39.2. The largest absolute Gasteiger partial charge is 0.516 e. The maximum atomic E-state index is 8.74. The first-order chi connectivity index (χ1) is 17.9. The van der Waals surface area contributed by atoms with Gasteiger partial charge in [0.05, 0.1) is 44.9 Å². The van der Waals surface area contributed by atoms with Crippen molar-refractivity contribution in [1.82, 2.24) is 10.1 Å². The zero-order chi connectivity index (χ0) is 29.7. The van der Waals surface area contributed by atoms with Crippen LogP contribution in [0.5, 0.6) is 0 Å². The molecule has 38 heavy (non-hydrogen) atoms. The molecule has 0 aromatic rings. The van der Waals surface area contributed by atoms with Gasteiger partial charge in [-0.3, -0.25) is 18.8 Å². The molecule has 0 radical (unpaired) electrons. The highest BCUT2D eigenvalue weighted by Crippen LogP contribution is 2.19. The van der Waals surface area contributed by atoms with Crippen LogP contribution in [-0.4, -0.2) is 98.6 Å². The van der Waals surface area contributed by atoms with Crippen molar-refractivity contribution in [2.45, 2.75) is 71.3 Å². The van der Waals surface area contributed by atoms with Crippen LogP contribution in [0.15, 0.2) is 37.6 Å². The van der Waals surface area contributed by atoms with E-state index in [4.69, 9.17) is 41.8 Å². The third-order valence-electron chi connectivity index (χ3n) is 4.63. The van der Waals surface area contributed by atoms with Crippen molar-refractivity contribution in [2.75, 3.05) is 60.2 Å². The fraction of sp³-hybridized carbons (Fsp3) is 0.769. The Morgan fingerprint density at radius 2 is 1.37 bits per heavy atom. The molecule has 1 atom stereocenters. The van der Waals surface area contributed by atoms with Gasteiger partial charge in [0.1, 0.15) is 0 Å². The molecule has 0 saturated carbocycles. The molecule has 12 heteroatoms. The van der Waals surface area contributed by atoms with Gasteiger partial charge in [-0.1, -0.05) is 51.7 Å². The SMILES string of the molecule is C=CCN(C)OCCCCC.C=CCN(C)OCCCCC.CC1(CC=CO)COCCO1.O=S(=O)(O)O. The minimum Gasteiger partial charge on any atom is -0.516 e. The molecule has 1 aliphatic rings. The van der Waals surface area contributed by atoms with Crippen molar-refractivity contribution in [1.29, 1.82) is 0 Å². The quantitative estimate of drug-likeness (QED) is 0.0755. The van der Waals surface area contributed by atoms with Gasteiger partial charge in [0.2, 0.25) is 0 Å². The van der Waals surface area contributed by atoms with Crippen LogP contribution in [0.2, 0.25) is 0 Å². The molecule has 3 N–H and O–H groups in total. The van der Waals surface area contributed by atoms with Crippen molar-refractivity contribution in [3.05, 3.63) is 37.6 Å². The van der Waals surface area contributed by atoms with Crippen molar-refractivity contribution in [3.63, 3.8) is 0 Å². The number of unbranched alkanes of at least 4 members (excludes halogenated alkanes) is 4. The van der Waals surface area contributed by atoms with Crippen LogP contribution in [0.1, 0.15) is 65.7 Å². The Kier molecular flexibility index (Phi) is 31.0. The molecule has 0 aromatic carbocycles. The van der Waals surface area contributed by atoms with Gasteiger partial charge in [-0.25, -0.2) is 0 Å². The Morgan fingerprint density at radius 3 is 1.68 bits per heavy atom. The summed E-state index contributed by atoms with van der Waals surface area (Å²) >= 11 is 0. The number of aliphatic hydroxyl groups is 1. The van der Waals surface area contributed by atoms with Crippen LogP contribution in [-0.2, 0) is 29.5 Å². The van der Waals surface area contributed by atoms with E-state index in [2.05, 4.69) is 27.0 Å². The van der Waals surface area contributed by atoms with E-state index in [1.54, 1.807) is 6.08 Å². The second-order valence-corrected chi connectivity index (χ2v) is 9.56. The molecule has 1 fully saturated rings. The summed E-state index contributed by atoms with van der Waals surface area (Å²) in [6.07, 6.45) is 14.4. The van der Waals surface area contributed by atoms with E-state index in [-0.39, 0.29) is 5.60 Å². The topological polar surface area (TPSA) is 138 Å². The monoisotopic (exact) mass is 570 g/mol. The van der Waals surface area contributed by atoms with Crippen LogP contribution in [0.25, 0.3) is 0 Å². The Bertz CT molecular complexity index is 623. The van der Waals surface area contributed by atoms with Crippen LogP contribution >= 0.6 is 0 Å². The highest BCUT2D eigenvalue weighted by Gasteiger charge is 2.26. The molecule has 228 valence electrons. The minimum atomic E-state index is -4.67. The molecule has 0 spiro atoms. The average Bonchev–Trinajstić information content (AvgIpc) is 2.84. The molecule has 1 unspecified atom stereocenters. The first-order valence-corrected chi connectivity index (χ1v) is 14.4. The number of rotatable bonds is 16. The standard InChI is InChI=1S/2C9H19NO.C8H14O3.H2O4S/c2*1-4-6-7-9-11-10(3)8-5-2;1-8(3-2-4-9)7-10-5-6-11-8;1-5(2,3)4/h2*5H,2,4,6-9H2,1,3H3;2,4,9H,3,5-7H2,1H3;(H2,1,2,3,4). The number of hydroxylamine groups is 4. The van der Waals surface area contributed by atoms with Crippen LogP contribution < -0.4 is 0 Å². The highest BCUT2D eigenvalue weighted by molar-refractivity contribution is 7.79. The second-order valence-electron chi connectivity index (χ2n) is 8.67. The first-order valence-electron chi connectivity index (χ1n) is 13.0. The molecular formula is C26H54N2O9S. The minimum absolute atomic E-state index is 0.239. The maximum Gasteiger partial charge on any atom is 0.394 e. The Hall–Kier alpha value is -1.35. The van der Waals surface area contributed by atoms with Gasteiger partial charge in [-0.2, -0.15) is 18.5 Å². The summed E-state index contributed by atoms with van der Waals surface area (Å²) in [6, 6.07) is 0. The number of likely N-dealkylation sites (N-methyl/N-ethyl adjacent to an activating group) is 2. The number of hydrogen-bond donors (Lipinski definition) is 3. The molecule has 0 bridgehead atoms. The second kappa shape index (κ2) is 28.7. The van der Waals surface area contributed by atoms with Crippen LogP contribution in [0.3, 0.4) is 0 Å². The summed E-state index contributed by atoms with van der Waals surface area (Å²) in [5.41, 5.74) is -0.239. The van der Waals surface area contributed by atoms with Gasteiger partial charge in [-0.15, -0.1) is 13.2 Å². The molecule has 0 aromatic heterocycles. The molecule has 0 aliphatic carbocycles. The van der Waals surface area contributed by atoms with E-state index >= 15 is 0 Å². The van der Waals surface area contributed by atoms with Crippen molar-refractivity contribution >= 4 is 10.4 Å². The van der Waals surface area contributed by atoms with Crippen molar-refractivity contribution < 1.29 is 41.8 Å². The summed E-state index contributed by atoms with van der Waals surface area (Å²) in [6.45, 7) is 18.8. The summed E-state index contributed by atoms with van der Waals surface area (Å²) in [4.78, 5) is 10.7. The average molecular weight is 571 g/mol.